The van der Waals surface area contributed by atoms with Gasteiger partial charge in [-0.3, -0.25) is 14.9 Å². The fourth-order valence-electron chi connectivity index (χ4n) is 2.52. The number of fused-ring (bicyclic) bond motifs is 1. The Morgan fingerprint density at radius 2 is 1.81 bits per heavy atom. The Bertz CT molecular complexity index is 1020. The zero-order valence-electron chi connectivity index (χ0n) is 14.5. The molecule has 0 aliphatic rings. The van der Waals surface area contributed by atoms with E-state index in [0.717, 1.165) is 10.8 Å². The minimum absolute atomic E-state index is 0.0871. The van der Waals surface area contributed by atoms with Crippen LogP contribution in [0.2, 0.25) is 0 Å². The van der Waals surface area contributed by atoms with E-state index in [-0.39, 0.29) is 5.69 Å². The van der Waals surface area contributed by atoms with Crippen LogP contribution in [0.25, 0.3) is 10.8 Å². The Labute approximate surface area is 155 Å². The second-order valence-corrected chi connectivity index (χ2v) is 5.82. The molecule has 1 unspecified atom stereocenters. The number of carbonyl (C=O) groups is 1. The highest BCUT2D eigenvalue weighted by Gasteiger charge is 2.15. The quantitative estimate of drug-likeness (QED) is 0.411. The van der Waals surface area contributed by atoms with Crippen LogP contribution in [-0.2, 0) is 4.79 Å². The number of hydrazone groups is 1. The van der Waals surface area contributed by atoms with Crippen molar-refractivity contribution in [1.82, 2.24) is 5.43 Å². The van der Waals surface area contributed by atoms with Crippen molar-refractivity contribution >= 4 is 28.6 Å². The van der Waals surface area contributed by atoms with Crippen LogP contribution in [0.3, 0.4) is 0 Å². The molecule has 0 bridgehead atoms. The van der Waals surface area contributed by atoms with Crippen molar-refractivity contribution in [3.8, 4) is 5.75 Å². The molecule has 3 aromatic carbocycles. The lowest BCUT2D eigenvalue weighted by Crippen LogP contribution is -2.33. The summed E-state index contributed by atoms with van der Waals surface area (Å²) in [5, 5.41) is 16.8. The van der Waals surface area contributed by atoms with Crippen molar-refractivity contribution in [3.63, 3.8) is 0 Å². The van der Waals surface area contributed by atoms with E-state index in [1.54, 1.807) is 31.2 Å². The van der Waals surface area contributed by atoms with E-state index in [2.05, 4.69) is 10.5 Å². The van der Waals surface area contributed by atoms with Gasteiger partial charge in [-0.15, -0.1) is 0 Å². The van der Waals surface area contributed by atoms with E-state index in [1.807, 2.05) is 36.4 Å². The van der Waals surface area contributed by atoms with Crippen molar-refractivity contribution in [2.24, 2.45) is 5.10 Å². The molecule has 1 amide bonds. The molecular weight excluding hydrogens is 346 g/mol. The maximum Gasteiger partial charge on any atom is 0.280 e. The maximum atomic E-state index is 12.1. The number of amides is 1. The van der Waals surface area contributed by atoms with Gasteiger partial charge in [0.25, 0.3) is 11.6 Å². The summed E-state index contributed by atoms with van der Waals surface area (Å²) < 4.78 is 5.65. The Kier molecular flexibility index (Phi) is 5.41. The van der Waals surface area contributed by atoms with E-state index in [1.165, 1.54) is 12.3 Å². The first-order valence-electron chi connectivity index (χ1n) is 8.26. The van der Waals surface area contributed by atoms with Crippen molar-refractivity contribution < 1.29 is 14.5 Å². The average molecular weight is 363 g/mol. The van der Waals surface area contributed by atoms with Crippen molar-refractivity contribution in [3.05, 3.63) is 82.4 Å². The van der Waals surface area contributed by atoms with Crippen molar-refractivity contribution in [2.45, 2.75) is 13.0 Å². The molecule has 0 heterocycles. The molecule has 1 N–H and O–H groups in total. The average Bonchev–Trinajstić information content (AvgIpc) is 2.68. The van der Waals surface area contributed by atoms with E-state index in [4.69, 9.17) is 4.74 Å². The minimum atomic E-state index is -0.783. The van der Waals surface area contributed by atoms with Gasteiger partial charge in [0.15, 0.2) is 6.10 Å². The summed E-state index contributed by atoms with van der Waals surface area (Å²) in [4.78, 5) is 22.6. The monoisotopic (exact) mass is 363 g/mol. The fraction of sp³-hybridized carbons (Fsp3) is 0.100. The third-order valence-corrected chi connectivity index (χ3v) is 3.91. The van der Waals surface area contributed by atoms with Gasteiger partial charge in [0.1, 0.15) is 5.75 Å². The molecule has 27 heavy (non-hydrogen) atoms. The predicted molar refractivity (Wildman–Crippen MR) is 103 cm³/mol. The summed E-state index contributed by atoms with van der Waals surface area (Å²) in [5.74, 6) is 0.108. The van der Waals surface area contributed by atoms with Gasteiger partial charge in [-0.05, 0) is 35.9 Å². The Hall–Kier alpha value is -3.74. The molecule has 0 fully saturated rings. The van der Waals surface area contributed by atoms with Gasteiger partial charge in [0.2, 0.25) is 0 Å². The number of carbonyl (C=O) groups excluding carboxylic acids is 1. The third-order valence-electron chi connectivity index (χ3n) is 3.91. The number of nitro benzene ring substituents is 1. The molecule has 3 aromatic rings. The number of nitrogens with zero attached hydrogens (tertiary/aromatic N) is 2. The minimum Gasteiger partial charge on any atom is -0.481 e. The summed E-state index contributed by atoms with van der Waals surface area (Å²) >= 11 is 0. The summed E-state index contributed by atoms with van der Waals surface area (Å²) in [6, 6.07) is 19.5. The number of nitrogens with one attached hydrogen (secondary N) is 1. The number of para-hydroxylation sites is 1. The van der Waals surface area contributed by atoms with Gasteiger partial charge in [-0.2, -0.15) is 5.10 Å². The van der Waals surface area contributed by atoms with Crippen molar-refractivity contribution in [1.29, 1.82) is 0 Å². The van der Waals surface area contributed by atoms with Gasteiger partial charge < -0.3 is 4.74 Å². The number of hydrogen-bond acceptors (Lipinski definition) is 5. The Balaban J connectivity index is 1.63. The van der Waals surface area contributed by atoms with Gasteiger partial charge >= 0.3 is 0 Å². The highest BCUT2D eigenvalue weighted by atomic mass is 16.6. The van der Waals surface area contributed by atoms with E-state index in [0.29, 0.717) is 11.3 Å². The summed E-state index contributed by atoms with van der Waals surface area (Å²) in [5.41, 5.74) is 2.55. The van der Waals surface area contributed by atoms with Crippen LogP contribution in [0.5, 0.6) is 5.75 Å². The Morgan fingerprint density at radius 3 is 2.59 bits per heavy atom. The van der Waals surface area contributed by atoms with Gasteiger partial charge in [-0.1, -0.05) is 42.5 Å². The number of nitro groups is 1. The van der Waals surface area contributed by atoms with E-state index in [9.17, 15) is 14.9 Å². The molecule has 0 aliphatic carbocycles. The zero-order chi connectivity index (χ0) is 19.2. The molecular formula is C20H17N3O4. The lowest BCUT2D eigenvalue weighted by molar-refractivity contribution is -0.385. The molecule has 7 heteroatoms. The van der Waals surface area contributed by atoms with Crippen molar-refractivity contribution in [2.75, 3.05) is 0 Å². The summed E-state index contributed by atoms with van der Waals surface area (Å²) in [6.07, 6.45) is 0.452. The first-order chi connectivity index (χ1) is 13.0. The lowest BCUT2D eigenvalue weighted by atomic mass is 10.1. The molecule has 136 valence electrons. The summed E-state index contributed by atoms with van der Waals surface area (Å²) in [6.45, 7) is 1.60. The molecule has 7 nitrogen and oxygen atoms in total. The van der Waals surface area contributed by atoms with E-state index >= 15 is 0 Å². The van der Waals surface area contributed by atoms with Gasteiger partial charge in [0, 0.05) is 6.07 Å². The van der Waals surface area contributed by atoms with Gasteiger partial charge in [-0.25, -0.2) is 5.43 Å². The first kappa shape index (κ1) is 18.1. The largest absolute Gasteiger partial charge is 0.481 e. The highest BCUT2D eigenvalue weighted by molar-refractivity contribution is 5.87. The molecule has 0 spiro atoms. The van der Waals surface area contributed by atoms with Gasteiger partial charge in [0.05, 0.1) is 16.7 Å². The van der Waals surface area contributed by atoms with E-state index < -0.39 is 16.9 Å². The molecule has 0 saturated heterocycles. The predicted octanol–water partition coefficient (Wildman–Crippen LogP) is 3.67. The standard InChI is InChI=1S/C20H17N3O4/c1-14(27-18-11-10-15-6-2-3-7-16(15)12-18)20(24)22-21-13-17-8-4-5-9-19(17)23(25)26/h2-14H,1H3,(H,22,24)/b21-13+. The molecule has 3 rings (SSSR count). The van der Waals surface area contributed by atoms with Crippen LogP contribution in [0.15, 0.2) is 71.8 Å². The topological polar surface area (TPSA) is 93.8 Å². The van der Waals surface area contributed by atoms with Crippen LogP contribution in [0.1, 0.15) is 12.5 Å². The maximum absolute atomic E-state index is 12.1. The normalized spacial score (nSPS) is 12.0. The van der Waals surface area contributed by atoms with Crippen LogP contribution in [0.4, 0.5) is 5.69 Å². The molecule has 0 aromatic heterocycles. The number of benzene rings is 3. The molecule has 0 aliphatic heterocycles. The number of ether oxygens (including phenoxy) is 1. The number of hydrogen-bond donors (Lipinski definition) is 1. The van der Waals surface area contributed by atoms with Crippen LogP contribution < -0.4 is 10.2 Å². The molecule has 1 atom stereocenters. The molecule has 0 saturated carbocycles. The molecule has 0 radical (unpaired) electrons. The van der Waals surface area contributed by atoms with Crippen LogP contribution >= 0.6 is 0 Å². The SMILES string of the molecule is CC(Oc1ccc2ccccc2c1)C(=O)N/N=C/c1ccccc1[N+](=O)[O-]. The zero-order valence-corrected chi connectivity index (χ0v) is 14.5. The smallest absolute Gasteiger partial charge is 0.280 e. The second-order valence-electron chi connectivity index (χ2n) is 5.82. The lowest BCUT2D eigenvalue weighted by Gasteiger charge is -2.13. The highest BCUT2D eigenvalue weighted by Crippen LogP contribution is 2.21. The summed E-state index contributed by atoms with van der Waals surface area (Å²) in [7, 11) is 0. The first-order valence-corrected chi connectivity index (χ1v) is 8.26. The Morgan fingerprint density at radius 1 is 1.11 bits per heavy atom. The second kappa shape index (κ2) is 8.09. The van der Waals surface area contributed by atoms with Crippen LogP contribution in [-0.4, -0.2) is 23.1 Å². The third kappa shape index (κ3) is 4.46. The number of rotatable bonds is 6. The fourth-order valence-corrected chi connectivity index (χ4v) is 2.52. The van der Waals surface area contributed by atoms with Crippen LogP contribution in [0, 0.1) is 10.1 Å².